The van der Waals surface area contributed by atoms with E-state index in [2.05, 4.69) is 10.00 Å². The minimum atomic E-state index is -3.80. The van der Waals surface area contributed by atoms with E-state index in [-0.39, 0.29) is 30.4 Å². The van der Waals surface area contributed by atoms with Crippen molar-refractivity contribution < 1.29 is 22.4 Å². The molecule has 2 aromatic carbocycles. The minimum absolute atomic E-state index is 0.0833. The molecule has 1 aliphatic rings. The predicted octanol–water partition coefficient (Wildman–Crippen LogP) is 4.17. The Balaban J connectivity index is 1.28. The molecule has 0 amide bonds. The number of carbonyl (C=O) groups is 1. The summed E-state index contributed by atoms with van der Waals surface area (Å²) in [6.07, 6.45) is 0. The number of anilines is 1. The Labute approximate surface area is 237 Å². The molecule has 0 aliphatic carbocycles. The van der Waals surface area contributed by atoms with Gasteiger partial charge in [0.25, 0.3) is 0 Å². The molecule has 0 bridgehead atoms. The van der Waals surface area contributed by atoms with Crippen molar-refractivity contribution in [3.63, 3.8) is 0 Å². The molecule has 3 aromatic heterocycles. The molecule has 4 heterocycles. The number of aryl methyl sites for hydroxylation is 3. The van der Waals surface area contributed by atoms with Crippen LogP contribution in [0.4, 0.5) is 5.82 Å². The topological polar surface area (TPSA) is 124 Å². The van der Waals surface area contributed by atoms with Crippen molar-refractivity contribution in [1.29, 1.82) is 0 Å². The number of sulfonamides is 1. The number of piperazine rings is 1. The van der Waals surface area contributed by atoms with Crippen LogP contribution in [-0.2, 0) is 14.8 Å². The molecule has 12 heteroatoms. The van der Waals surface area contributed by atoms with Crippen molar-refractivity contribution in [3.8, 4) is 5.82 Å². The van der Waals surface area contributed by atoms with Crippen molar-refractivity contribution in [2.24, 2.45) is 0 Å². The van der Waals surface area contributed by atoms with Gasteiger partial charge in [0.2, 0.25) is 15.8 Å². The van der Waals surface area contributed by atoms with Crippen LogP contribution in [0.25, 0.3) is 27.8 Å². The van der Waals surface area contributed by atoms with Crippen LogP contribution in [0.1, 0.15) is 34.4 Å². The maximum Gasteiger partial charge on any atom is 0.374 e. The lowest BCUT2D eigenvalue weighted by atomic mass is 10.1. The number of furan rings is 1. The summed E-state index contributed by atoms with van der Waals surface area (Å²) >= 11 is 0. The highest BCUT2D eigenvalue weighted by atomic mass is 32.2. The molecule has 0 unspecified atom stereocenters. The van der Waals surface area contributed by atoms with Crippen LogP contribution in [0, 0.1) is 20.8 Å². The molecule has 212 valence electrons. The third-order valence-electron chi connectivity index (χ3n) is 7.29. The Morgan fingerprint density at radius 2 is 1.63 bits per heavy atom. The van der Waals surface area contributed by atoms with Crippen molar-refractivity contribution in [2.75, 3.05) is 37.7 Å². The number of rotatable bonds is 6. The molecule has 0 radical (unpaired) electrons. The fraction of sp³-hybridized carbons (Fsp3) is 0.310. The van der Waals surface area contributed by atoms with Gasteiger partial charge in [-0.2, -0.15) is 9.40 Å². The van der Waals surface area contributed by atoms with E-state index < -0.39 is 16.0 Å². The summed E-state index contributed by atoms with van der Waals surface area (Å²) < 4.78 is 41.4. The van der Waals surface area contributed by atoms with Crippen LogP contribution in [0.5, 0.6) is 0 Å². The van der Waals surface area contributed by atoms with Crippen molar-refractivity contribution >= 4 is 43.8 Å². The molecule has 0 spiro atoms. The molecule has 0 saturated carbocycles. The third kappa shape index (κ3) is 4.72. The lowest BCUT2D eigenvalue weighted by Gasteiger charge is -2.35. The van der Waals surface area contributed by atoms with Gasteiger partial charge in [0.05, 0.1) is 28.2 Å². The molecule has 1 saturated heterocycles. The molecule has 41 heavy (non-hydrogen) atoms. The number of hydrogen-bond donors (Lipinski definition) is 0. The number of aromatic nitrogens is 4. The number of carbonyl (C=O) groups excluding carboxylic acids is 1. The van der Waals surface area contributed by atoms with E-state index in [1.165, 1.54) is 10.4 Å². The first-order chi connectivity index (χ1) is 19.7. The zero-order valence-corrected chi connectivity index (χ0v) is 24.1. The van der Waals surface area contributed by atoms with Crippen LogP contribution in [0.15, 0.2) is 57.8 Å². The van der Waals surface area contributed by atoms with Crippen LogP contribution < -0.4 is 4.90 Å². The number of fused-ring (bicyclic) bond motifs is 2. The van der Waals surface area contributed by atoms with E-state index in [9.17, 15) is 13.2 Å². The van der Waals surface area contributed by atoms with Crippen LogP contribution in [-0.4, -0.2) is 71.2 Å². The van der Waals surface area contributed by atoms with Crippen molar-refractivity contribution in [1.82, 2.24) is 24.1 Å². The smallest absolute Gasteiger partial charge is 0.374 e. The number of para-hydroxylation sites is 2. The average Bonchev–Trinajstić information content (AvgIpc) is 3.49. The molecule has 5 aromatic rings. The summed E-state index contributed by atoms with van der Waals surface area (Å²) in [6.45, 7) is 8.95. The zero-order valence-electron chi connectivity index (χ0n) is 23.3. The zero-order chi connectivity index (χ0) is 28.9. The average molecular weight is 575 g/mol. The standard InChI is InChI=1S/C29H30N6O5S/c1-5-39-29(36)26-20(4)22-17-21(10-11-25(22)40-26)41(37,38)34-14-12-33(13-15-34)27-28(35-19(3)16-18(2)32-35)31-24-9-7-6-8-23(24)30-27/h6-11,16-17H,5,12-15H2,1-4H3. The van der Waals surface area contributed by atoms with Gasteiger partial charge in [-0.25, -0.2) is 27.9 Å². The molecule has 0 atom stereocenters. The van der Waals surface area contributed by atoms with Gasteiger partial charge in [-0.05, 0) is 64.1 Å². The van der Waals surface area contributed by atoms with Gasteiger partial charge in [-0.1, -0.05) is 12.1 Å². The second kappa shape index (κ2) is 10.3. The van der Waals surface area contributed by atoms with Gasteiger partial charge in [-0.3, -0.25) is 0 Å². The van der Waals surface area contributed by atoms with Gasteiger partial charge in [0, 0.05) is 42.8 Å². The second-order valence-electron chi connectivity index (χ2n) is 10.0. The minimum Gasteiger partial charge on any atom is -0.460 e. The normalized spacial score (nSPS) is 14.7. The Hall–Kier alpha value is -4.29. The van der Waals surface area contributed by atoms with E-state index in [1.807, 2.05) is 44.2 Å². The van der Waals surface area contributed by atoms with Crippen molar-refractivity contribution in [3.05, 3.63) is 71.2 Å². The molecule has 1 aliphatic heterocycles. The van der Waals surface area contributed by atoms with Gasteiger partial charge < -0.3 is 14.1 Å². The predicted molar refractivity (Wildman–Crippen MR) is 154 cm³/mol. The largest absolute Gasteiger partial charge is 0.460 e. The van der Waals surface area contributed by atoms with Crippen LogP contribution in [0.2, 0.25) is 0 Å². The fourth-order valence-electron chi connectivity index (χ4n) is 5.22. The number of ether oxygens (including phenoxy) is 1. The first-order valence-corrected chi connectivity index (χ1v) is 14.9. The first-order valence-electron chi connectivity index (χ1n) is 13.4. The molecule has 6 rings (SSSR count). The summed E-state index contributed by atoms with van der Waals surface area (Å²) in [5.41, 5.74) is 4.31. The van der Waals surface area contributed by atoms with Gasteiger partial charge in [0.1, 0.15) is 5.58 Å². The summed E-state index contributed by atoms with van der Waals surface area (Å²) in [6, 6.07) is 14.3. The lowest BCUT2D eigenvalue weighted by Crippen LogP contribution is -2.49. The quantitative estimate of drug-likeness (QED) is 0.275. The highest BCUT2D eigenvalue weighted by molar-refractivity contribution is 7.89. The SMILES string of the molecule is CCOC(=O)c1oc2ccc(S(=O)(=O)N3CCN(c4nc5ccccc5nc4-n4nc(C)cc4C)CC3)cc2c1C. The molecular weight excluding hydrogens is 544 g/mol. The number of hydrogen-bond acceptors (Lipinski definition) is 9. The van der Waals surface area contributed by atoms with Gasteiger partial charge in [0.15, 0.2) is 11.6 Å². The lowest BCUT2D eigenvalue weighted by molar-refractivity contribution is 0.0491. The van der Waals surface area contributed by atoms with E-state index in [1.54, 1.807) is 30.7 Å². The monoisotopic (exact) mass is 574 g/mol. The van der Waals surface area contributed by atoms with Gasteiger partial charge in [-0.15, -0.1) is 0 Å². The number of esters is 1. The Morgan fingerprint density at radius 1 is 0.951 bits per heavy atom. The summed E-state index contributed by atoms with van der Waals surface area (Å²) in [5, 5.41) is 5.20. The molecule has 1 fully saturated rings. The Bertz CT molecular complexity index is 1900. The maximum absolute atomic E-state index is 13.7. The van der Waals surface area contributed by atoms with E-state index in [0.29, 0.717) is 41.3 Å². The third-order valence-corrected chi connectivity index (χ3v) is 9.18. The summed E-state index contributed by atoms with van der Waals surface area (Å²) in [4.78, 5) is 24.3. The van der Waals surface area contributed by atoms with Crippen molar-refractivity contribution in [2.45, 2.75) is 32.6 Å². The first kappa shape index (κ1) is 26.9. The second-order valence-corrected chi connectivity index (χ2v) is 12.0. The maximum atomic E-state index is 13.7. The van der Waals surface area contributed by atoms with E-state index >= 15 is 0 Å². The number of nitrogens with zero attached hydrogens (tertiary/aromatic N) is 6. The fourth-order valence-corrected chi connectivity index (χ4v) is 6.67. The van der Waals surface area contributed by atoms with E-state index in [4.69, 9.17) is 19.1 Å². The summed E-state index contributed by atoms with van der Waals surface area (Å²) in [5.74, 6) is 0.788. The number of benzene rings is 2. The molecule has 11 nitrogen and oxygen atoms in total. The summed E-state index contributed by atoms with van der Waals surface area (Å²) in [7, 11) is -3.80. The van der Waals surface area contributed by atoms with Gasteiger partial charge >= 0.3 is 5.97 Å². The van der Waals surface area contributed by atoms with Crippen LogP contribution in [0.3, 0.4) is 0 Å². The molecule has 0 N–H and O–H groups in total. The Morgan fingerprint density at radius 3 is 2.27 bits per heavy atom. The molecular formula is C29H30N6O5S. The van der Waals surface area contributed by atoms with Crippen LogP contribution >= 0.6 is 0 Å². The Kier molecular flexibility index (Phi) is 6.74. The van der Waals surface area contributed by atoms with E-state index in [0.717, 1.165) is 22.4 Å². The highest BCUT2D eigenvalue weighted by Gasteiger charge is 2.31. The highest BCUT2D eigenvalue weighted by Crippen LogP contribution is 2.31.